The van der Waals surface area contributed by atoms with E-state index in [2.05, 4.69) is 0 Å². The van der Waals surface area contributed by atoms with Crippen LogP contribution in [0.5, 0.6) is 0 Å². The van der Waals surface area contributed by atoms with Gasteiger partial charge in [-0.15, -0.1) is 0 Å². The molecule has 0 fully saturated rings. The summed E-state index contributed by atoms with van der Waals surface area (Å²) in [6.07, 6.45) is -4.06. The first kappa shape index (κ1) is 19.9. The van der Waals surface area contributed by atoms with Crippen LogP contribution in [0.25, 0.3) is 0 Å². The molecule has 24 heavy (non-hydrogen) atoms. The largest absolute Gasteiger partial charge is 0.418 e. The summed E-state index contributed by atoms with van der Waals surface area (Å²) in [5, 5.41) is 21.4. The normalized spacial score (nSPS) is 11.4. The van der Waals surface area contributed by atoms with E-state index >= 15 is 0 Å². The molecule has 0 amide bonds. The molecule has 0 saturated carbocycles. The maximum atomic E-state index is 13.0. The van der Waals surface area contributed by atoms with Crippen molar-refractivity contribution in [2.75, 3.05) is 18.0 Å². The van der Waals surface area contributed by atoms with Crippen LogP contribution in [-0.4, -0.2) is 22.9 Å². The zero-order valence-electron chi connectivity index (χ0n) is 12.9. The highest BCUT2D eigenvalue weighted by atomic mass is 35.5. The predicted octanol–water partition coefficient (Wildman–Crippen LogP) is 4.80. The van der Waals surface area contributed by atoms with Gasteiger partial charge in [0.15, 0.2) is 5.69 Å². The summed E-state index contributed by atoms with van der Waals surface area (Å²) in [6, 6.07) is 0.253. The van der Waals surface area contributed by atoms with Gasteiger partial charge < -0.3 is 4.90 Å². The summed E-state index contributed by atoms with van der Waals surface area (Å²) < 4.78 is 39.1. The smallest absolute Gasteiger partial charge is 0.360 e. The maximum absolute atomic E-state index is 13.0. The van der Waals surface area contributed by atoms with E-state index in [4.69, 9.17) is 11.6 Å². The average Bonchev–Trinajstić information content (AvgIpc) is 2.44. The summed E-state index contributed by atoms with van der Waals surface area (Å²) >= 11 is 5.60. The van der Waals surface area contributed by atoms with Crippen molar-refractivity contribution in [3.63, 3.8) is 0 Å². The van der Waals surface area contributed by atoms with Crippen LogP contribution in [-0.2, 0) is 6.18 Å². The van der Waals surface area contributed by atoms with Crippen LogP contribution in [0.15, 0.2) is 6.07 Å². The number of anilines is 1. The molecule has 0 spiro atoms. The fourth-order valence-electron chi connectivity index (χ4n) is 2.32. The van der Waals surface area contributed by atoms with Gasteiger partial charge in [-0.1, -0.05) is 25.4 Å². The molecule has 0 saturated heterocycles. The third-order valence-electron chi connectivity index (χ3n) is 3.18. The quantitative estimate of drug-likeness (QED) is 0.508. The molecule has 7 nitrogen and oxygen atoms in total. The lowest BCUT2D eigenvalue weighted by Gasteiger charge is -2.24. The molecule has 1 rings (SSSR count). The Kier molecular flexibility index (Phi) is 6.35. The molecule has 0 N–H and O–H groups in total. The van der Waals surface area contributed by atoms with Crippen molar-refractivity contribution in [3.8, 4) is 0 Å². The first-order valence-corrected chi connectivity index (χ1v) is 7.41. The fourth-order valence-corrected chi connectivity index (χ4v) is 2.64. The van der Waals surface area contributed by atoms with Crippen molar-refractivity contribution in [1.82, 2.24) is 0 Å². The second-order valence-electron chi connectivity index (χ2n) is 4.95. The molecule has 0 aromatic heterocycles. The van der Waals surface area contributed by atoms with Crippen molar-refractivity contribution < 1.29 is 23.0 Å². The number of hydrogen-bond donors (Lipinski definition) is 0. The van der Waals surface area contributed by atoms with E-state index in [9.17, 15) is 33.4 Å². The van der Waals surface area contributed by atoms with Crippen LogP contribution in [0.2, 0.25) is 5.02 Å². The van der Waals surface area contributed by atoms with Gasteiger partial charge in [-0.2, -0.15) is 13.2 Å². The summed E-state index contributed by atoms with van der Waals surface area (Å²) in [6.45, 7) is 3.90. The second-order valence-corrected chi connectivity index (χ2v) is 5.33. The third kappa shape index (κ3) is 4.05. The number of nitrogens with zero attached hydrogens (tertiary/aromatic N) is 3. The molecule has 0 aliphatic heterocycles. The van der Waals surface area contributed by atoms with Crippen molar-refractivity contribution >= 4 is 28.7 Å². The second kappa shape index (κ2) is 7.65. The Morgan fingerprint density at radius 1 is 1.12 bits per heavy atom. The number of nitro benzene ring substituents is 2. The highest BCUT2D eigenvalue weighted by molar-refractivity contribution is 6.34. The van der Waals surface area contributed by atoms with Gasteiger partial charge in [0.1, 0.15) is 5.02 Å². The highest BCUT2D eigenvalue weighted by Crippen LogP contribution is 2.49. The molecule has 0 atom stereocenters. The zero-order chi connectivity index (χ0) is 18.7. The first-order chi connectivity index (χ1) is 11.1. The van der Waals surface area contributed by atoms with Crippen LogP contribution in [0.3, 0.4) is 0 Å². The minimum Gasteiger partial charge on any atom is -0.360 e. The number of benzene rings is 1. The summed E-state index contributed by atoms with van der Waals surface area (Å²) in [5.74, 6) is 0. The van der Waals surface area contributed by atoms with Crippen LogP contribution in [0.4, 0.5) is 30.2 Å². The van der Waals surface area contributed by atoms with E-state index in [1.807, 2.05) is 0 Å². The Morgan fingerprint density at radius 2 is 1.62 bits per heavy atom. The van der Waals surface area contributed by atoms with Gasteiger partial charge in [0.2, 0.25) is 0 Å². The maximum Gasteiger partial charge on any atom is 0.418 e. The van der Waals surface area contributed by atoms with Gasteiger partial charge in [-0.05, 0) is 12.8 Å². The van der Waals surface area contributed by atoms with Crippen molar-refractivity contribution in [2.24, 2.45) is 0 Å². The summed E-state index contributed by atoms with van der Waals surface area (Å²) in [4.78, 5) is 21.7. The number of halogens is 4. The molecular formula is C13H15ClF3N3O4. The van der Waals surface area contributed by atoms with Crippen molar-refractivity contribution in [3.05, 3.63) is 36.9 Å². The molecule has 0 heterocycles. The Morgan fingerprint density at radius 3 is 1.96 bits per heavy atom. The van der Waals surface area contributed by atoms with E-state index < -0.39 is 43.7 Å². The minimum atomic E-state index is -5.05. The lowest BCUT2D eigenvalue weighted by Crippen LogP contribution is -2.27. The monoisotopic (exact) mass is 369 g/mol. The van der Waals surface area contributed by atoms with Crippen LogP contribution >= 0.6 is 11.6 Å². The Bertz CT molecular complexity index is 646. The van der Waals surface area contributed by atoms with E-state index in [-0.39, 0.29) is 19.2 Å². The highest BCUT2D eigenvalue weighted by Gasteiger charge is 2.43. The lowest BCUT2D eigenvalue weighted by atomic mass is 10.1. The molecule has 0 bridgehead atoms. The van der Waals surface area contributed by atoms with E-state index in [1.165, 1.54) is 4.90 Å². The van der Waals surface area contributed by atoms with Gasteiger partial charge >= 0.3 is 11.9 Å². The SMILES string of the molecule is CCCN(CCC)c1c([N+](=O)[O-])cc(C(F)(F)F)c(Cl)c1[N+](=O)[O-]. The molecule has 0 unspecified atom stereocenters. The van der Waals surface area contributed by atoms with Crippen molar-refractivity contribution in [1.29, 1.82) is 0 Å². The topological polar surface area (TPSA) is 89.5 Å². The molecule has 1 aromatic carbocycles. The van der Waals surface area contributed by atoms with Gasteiger partial charge in [0.25, 0.3) is 5.69 Å². The number of hydrogen-bond acceptors (Lipinski definition) is 5. The Hall–Kier alpha value is -2.10. The molecule has 0 aliphatic carbocycles. The Labute approximate surface area is 140 Å². The van der Waals surface area contributed by atoms with E-state index in [0.717, 1.165) is 0 Å². The fraction of sp³-hybridized carbons (Fsp3) is 0.538. The minimum absolute atomic E-state index is 0.206. The first-order valence-electron chi connectivity index (χ1n) is 7.03. The number of nitro groups is 2. The van der Waals surface area contributed by atoms with Crippen LogP contribution in [0, 0.1) is 20.2 Å². The third-order valence-corrected chi connectivity index (χ3v) is 3.56. The zero-order valence-corrected chi connectivity index (χ0v) is 13.6. The number of alkyl halides is 3. The average molecular weight is 370 g/mol. The molecule has 1 aromatic rings. The summed E-state index contributed by atoms with van der Waals surface area (Å²) in [5.41, 5.74) is -4.17. The van der Waals surface area contributed by atoms with Gasteiger partial charge in [0, 0.05) is 19.2 Å². The van der Waals surface area contributed by atoms with E-state index in [1.54, 1.807) is 13.8 Å². The van der Waals surface area contributed by atoms with Gasteiger partial charge in [0.05, 0.1) is 15.4 Å². The van der Waals surface area contributed by atoms with Gasteiger partial charge in [-0.25, -0.2) is 0 Å². The van der Waals surface area contributed by atoms with Crippen LogP contribution in [0.1, 0.15) is 32.3 Å². The molecule has 0 radical (unpaired) electrons. The molecule has 11 heteroatoms. The predicted molar refractivity (Wildman–Crippen MR) is 82.6 cm³/mol. The standard InChI is InChI=1S/C13H15ClF3N3O4/c1-3-5-18(6-4-2)11-9(19(21)22)7-8(13(15,16)17)10(14)12(11)20(23)24/h7H,3-6H2,1-2H3. The van der Waals surface area contributed by atoms with Gasteiger partial charge in [-0.3, -0.25) is 20.2 Å². The number of rotatable bonds is 7. The van der Waals surface area contributed by atoms with Crippen LogP contribution < -0.4 is 4.90 Å². The molecule has 134 valence electrons. The lowest BCUT2D eigenvalue weighted by molar-refractivity contribution is -0.393. The summed E-state index contributed by atoms with van der Waals surface area (Å²) in [7, 11) is 0. The molecule has 0 aliphatic rings. The molecular weight excluding hydrogens is 355 g/mol. The Balaban J connectivity index is 3.87. The van der Waals surface area contributed by atoms with E-state index in [0.29, 0.717) is 12.8 Å². The van der Waals surface area contributed by atoms with Crippen molar-refractivity contribution in [2.45, 2.75) is 32.9 Å².